The van der Waals surface area contributed by atoms with Gasteiger partial charge >= 0.3 is 12.0 Å². The van der Waals surface area contributed by atoms with Crippen LogP contribution in [-0.2, 0) is 11.2 Å². The molecule has 0 saturated heterocycles. The Morgan fingerprint density at radius 2 is 2.40 bits per heavy atom. The number of urea groups is 1. The fraction of sp³-hybridized carbons (Fsp3) is 0.462. The summed E-state index contributed by atoms with van der Waals surface area (Å²) in [5.41, 5.74) is 1.92. The number of carbonyl (C=O) groups excluding carboxylic acids is 1. The maximum Gasteiger partial charge on any atom is 0.326 e. The average Bonchev–Trinajstić information content (AvgIpc) is 2.91. The van der Waals surface area contributed by atoms with Crippen LogP contribution >= 0.6 is 0 Å². The maximum absolute atomic E-state index is 12.0. The van der Waals surface area contributed by atoms with E-state index in [0.29, 0.717) is 18.8 Å². The van der Waals surface area contributed by atoms with E-state index >= 15 is 0 Å². The standard InChI is InChI=1S/C13H18N4O3/c1-9-2-4-17(5-3-9)13(20)16-11(12(18)19)6-10-7-14-8-15-10/h2,7-8,11H,3-6H2,1H3,(H,14,15)(H,16,20)(H,18,19)/t11-/m0/s1. The van der Waals surface area contributed by atoms with Crippen LogP contribution in [0.4, 0.5) is 4.79 Å². The molecule has 0 aliphatic carbocycles. The van der Waals surface area contributed by atoms with Crippen molar-refractivity contribution in [1.29, 1.82) is 0 Å². The van der Waals surface area contributed by atoms with Gasteiger partial charge in [0, 0.05) is 31.4 Å². The molecule has 0 bridgehead atoms. The Hall–Kier alpha value is -2.31. The number of nitrogens with zero attached hydrogens (tertiary/aromatic N) is 2. The van der Waals surface area contributed by atoms with Gasteiger partial charge in [0.05, 0.1) is 6.33 Å². The number of aliphatic carboxylic acids is 1. The molecule has 2 rings (SSSR count). The lowest BCUT2D eigenvalue weighted by Gasteiger charge is -2.27. The number of carboxylic acids is 1. The van der Waals surface area contributed by atoms with E-state index in [2.05, 4.69) is 15.3 Å². The lowest BCUT2D eigenvalue weighted by molar-refractivity contribution is -0.139. The first kappa shape index (κ1) is 14.1. The molecular formula is C13H18N4O3. The van der Waals surface area contributed by atoms with Crippen LogP contribution in [0.1, 0.15) is 19.0 Å². The van der Waals surface area contributed by atoms with Crippen LogP contribution in [0.2, 0.25) is 0 Å². The predicted molar refractivity (Wildman–Crippen MR) is 72.2 cm³/mol. The largest absolute Gasteiger partial charge is 0.480 e. The van der Waals surface area contributed by atoms with Crippen molar-refractivity contribution in [2.75, 3.05) is 13.1 Å². The summed E-state index contributed by atoms with van der Waals surface area (Å²) < 4.78 is 0. The summed E-state index contributed by atoms with van der Waals surface area (Å²) in [5, 5.41) is 11.7. The molecule has 0 aromatic carbocycles. The highest BCUT2D eigenvalue weighted by molar-refractivity contribution is 5.83. The molecule has 0 unspecified atom stereocenters. The lowest BCUT2D eigenvalue weighted by atomic mass is 10.1. The normalized spacial score (nSPS) is 16.4. The van der Waals surface area contributed by atoms with Crippen molar-refractivity contribution in [3.8, 4) is 0 Å². The average molecular weight is 278 g/mol. The second kappa shape index (κ2) is 6.23. The van der Waals surface area contributed by atoms with Crippen LogP contribution in [-0.4, -0.2) is 51.1 Å². The Morgan fingerprint density at radius 1 is 1.60 bits per heavy atom. The minimum absolute atomic E-state index is 0.184. The van der Waals surface area contributed by atoms with Crippen LogP contribution < -0.4 is 5.32 Å². The molecule has 1 aromatic rings. The molecule has 1 aliphatic rings. The third-order valence-corrected chi connectivity index (χ3v) is 3.30. The van der Waals surface area contributed by atoms with Crippen LogP contribution in [0, 0.1) is 0 Å². The van der Waals surface area contributed by atoms with Crippen molar-refractivity contribution in [3.05, 3.63) is 29.9 Å². The van der Waals surface area contributed by atoms with Crippen LogP contribution in [0.3, 0.4) is 0 Å². The van der Waals surface area contributed by atoms with Gasteiger partial charge in [0.25, 0.3) is 0 Å². The smallest absolute Gasteiger partial charge is 0.326 e. The van der Waals surface area contributed by atoms with E-state index in [0.717, 1.165) is 6.42 Å². The molecule has 7 nitrogen and oxygen atoms in total. The molecule has 20 heavy (non-hydrogen) atoms. The van der Waals surface area contributed by atoms with Gasteiger partial charge in [0.1, 0.15) is 6.04 Å². The molecule has 108 valence electrons. The number of amides is 2. The van der Waals surface area contributed by atoms with Crippen molar-refractivity contribution in [2.45, 2.75) is 25.8 Å². The maximum atomic E-state index is 12.0. The zero-order valence-corrected chi connectivity index (χ0v) is 11.3. The number of hydrogen-bond acceptors (Lipinski definition) is 3. The summed E-state index contributed by atoms with van der Waals surface area (Å²) in [6.07, 6.45) is 6.02. The summed E-state index contributed by atoms with van der Waals surface area (Å²) in [6, 6.07) is -1.31. The molecule has 1 aliphatic heterocycles. The van der Waals surface area contributed by atoms with Crippen molar-refractivity contribution >= 4 is 12.0 Å². The van der Waals surface area contributed by atoms with Crippen LogP contribution in [0.25, 0.3) is 0 Å². The summed E-state index contributed by atoms with van der Waals surface area (Å²) >= 11 is 0. The Balaban J connectivity index is 1.94. The topological polar surface area (TPSA) is 98.3 Å². The zero-order chi connectivity index (χ0) is 14.5. The summed E-state index contributed by atoms with van der Waals surface area (Å²) in [4.78, 5) is 31.5. The van der Waals surface area contributed by atoms with Crippen molar-refractivity contribution in [2.24, 2.45) is 0 Å². The molecule has 2 heterocycles. The highest BCUT2D eigenvalue weighted by Gasteiger charge is 2.24. The number of imidazole rings is 1. The monoisotopic (exact) mass is 278 g/mol. The highest BCUT2D eigenvalue weighted by Crippen LogP contribution is 2.10. The summed E-state index contributed by atoms with van der Waals surface area (Å²) in [7, 11) is 0. The Morgan fingerprint density at radius 3 is 2.95 bits per heavy atom. The molecule has 0 radical (unpaired) electrons. The fourth-order valence-electron chi connectivity index (χ4n) is 2.01. The first-order valence-electron chi connectivity index (χ1n) is 6.47. The number of H-pyrrole nitrogens is 1. The number of aromatic nitrogens is 2. The first-order chi connectivity index (χ1) is 9.56. The molecule has 1 atom stereocenters. The van der Waals surface area contributed by atoms with Gasteiger partial charge < -0.3 is 20.3 Å². The van der Waals surface area contributed by atoms with Crippen molar-refractivity contribution in [3.63, 3.8) is 0 Å². The first-order valence-corrected chi connectivity index (χ1v) is 6.47. The molecule has 2 amide bonds. The molecule has 0 fully saturated rings. The quantitative estimate of drug-likeness (QED) is 0.708. The van der Waals surface area contributed by atoms with Crippen LogP contribution in [0.5, 0.6) is 0 Å². The molecule has 3 N–H and O–H groups in total. The minimum atomic E-state index is -1.06. The van der Waals surface area contributed by atoms with Gasteiger partial charge in [-0.3, -0.25) is 0 Å². The molecule has 7 heteroatoms. The second-order valence-corrected chi connectivity index (χ2v) is 4.87. The number of nitrogens with one attached hydrogen (secondary N) is 2. The van der Waals surface area contributed by atoms with E-state index in [1.54, 1.807) is 11.1 Å². The van der Waals surface area contributed by atoms with E-state index in [-0.39, 0.29) is 12.5 Å². The number of carbonyl (C=O) groups is 2. The Labute approximate surface area is 116 Å². The third-order valence-electron chi connectivity index (χ3n) is 3.30. The summed E-state index contributed by atoms with van der Waals surface area (Å²) in [6.45, 7) is 3.16. The molecule has 1 aromatic heterocycles. The summed E-state index contributed by atoms with van der Waals surface area (Å²) in [5.74, 6) is -1.06. The van der Waals surface area contributed by atoms with Crippen molar-refractivity contribution < 1.29 is 14.7 Å². The number of carboxylic acid groups (broad SMARTS) is 1. The second-order valence-electron chi connectivity index (χ2n) is 4.87. The Bertz CT molecular complexity index is 510. The van der Waals surface area contributed by atoms with Crippen LogP contribution in [0.15, 0.2) is 24.2 Å². The van der Waals surface area contributed by atoms with Gasteiger partial charge in [-0.05, 0) is 13.3 Å². The third kappa shape index (κ3) is 3.59. The zero-order valence-electron chi connectivity index (χ0n) is 11.3. The Kier molecular flexibility index (Phi) is 4.39. The van der Waals surface area contributed by atoms with E-state index < -0.39 is 12.0 Å². The van der Waals surface area contributed by atoms with Gasteiger partial charge in [0.2, 0.25) is 0 Å². The number of rotatable bonds is 4. The minimum Gasteiger partial charge on any atom is -0.480 e. The number of aromatic amines is 1. The van der Waals surface area contributed by atoms with Gasteiger partial charge in [-0.2, -0.15) is 0 Å². The van der Waals surface area contributed by atoms with E-state index in [4.69, 9.17) is 0 Å². The van der Waals surface area contributed by atoms with E-state index in [9.17, 15) is 14.7 Å². The molecular weight excluding hydrogens is 260 g/mol. The fourth-order valence-corrected chi connectivity index (χ4v) is 2.01. The van der Waals surface area contributed by atoms with E-state index in [1.807, 2.05) is 13.0 Å². The molecule has 0 saturated carbocycles. The predicted octanol–water partition coefficient (Wildman–Crippen LogP) is 0.767. The van der Waals surface area contributed by atoms with E-state index in [1.165, 1.54) is 11.9 Å². The molecule has 0 spiro atoms. The van der Waals surface area contributed by atoms with Gasteiger partial charge in [-0.15, -0.1) is 0 Å². The van der Waals surface area contributed by atoms with Gasteiger partial charge in [0.15, 0.2) is 0 Å². The highest BCUT2D eigenvalue weighted by atomic mass is 16.4. The van der Waals surface area contributed by atoms with Gasteiger partial charge in [-0.1, -0.05) is 11.6 Å². The van der Waals surface area contributed by atoms with Gasteiger partial charge in [-0.25, -0.2) is 14.6 Å². The van der Waals surface area contributed by atoms with Crippen molar-refractivity contribution in [1.82, 2.24) is 20.2 Å². The SMILES string of the molecule is CC1=CCN(C(=O)N[C@@H](Cc2cnc[nH]2)C(=O)O)CC1. The lowest BCUT2D eigenvalue weighted by Crippen LogP contribution is -2.49. The number of hydrogen-bond donors (Lipinski definition) is 3.